The average molecular weight is 340 g/mol. The Labute approximate surface area is 142 Å². The summed E-state index contributed by atoms with van der Waals surface area (Å²) < 4.78 is 11.9. The van der Waals surface area contributed by atoms with Gasteiger partial charge in [-0.2, -0.15) is 4.98 Å². The predicted molar refractivity (Wildman–Crippen MR) is 97.4 cm³/mol. The van der Waals surface area contributed by atoms with E-state index in [9.17, 15) is 0 Å². The van der Waals surface area contributed by atoms with Crippen molar-refractivity contribution in [2.75, 3.05) is 18.2 Å². The van der Waals surface area contributed by atoms with E-state index in [1.165, 1.54) is 22.5 Å². The smallest absolute Gasteiger partial charge is 0.302 e. The molecule has 0 fully saturated rings. The lowest BCUT2D eigenvalue weighted by Gasteiger charge is -2.00. The van der Waals surface area contributed by atoms with Gasteiger partial charge >= 0.3 is 6.01 Å². The molecule has 0 spiro atoms. The summed E-state index contributed by atoms with van der Waals surface area (Å²) in [6, 6.07) is 8.09. The highest BCUT2D eigenvalue weighted by atomic mass is 32.1. The highest BCUT2D eigenvalue weighted by molar-refractivity contribution is 7.22. The van der Waals surface area contributed by atoms with Crippen LogP contribution in [0.1, 0.15) is 11.1 Å². The van der Waals surface area contributed by atoms with Gasteiger partial charge in [0.1, 0.15) is 16.8 Å². The SMILES string of the molecule is COc1cc(N)c2nc(Nc3nc4cc(C)c(C)cc4o3)sc2c1. The predicted octanol–water partition coefficient (Wildman–Crippen LogP) is 4.39. The Hall–Kier alpha value is -2.80. The molecule has 24 heavy (non-hydrogen) atoms. The molecule has 2 aromatic carbocycles. The fourth-order valence-electron chi connectivity index (χ4n) is 2.53. The monoisotopic (exact) mass is 340 g/mol. The molecule has 0 aliphatic heterocycles. The maximum Gasteiger partial charge on any atom is 0.302 e. The number of hydrogen-bond donors (Lipinski definition) is 2. The fourth-order valence-corrected chi connectivity index (χ4v) is 3.44. The van der Waals surface area contributed by atoms with Gasteiger partial charge in [-0.15, -0.1) is 0 Å². The average Bonchev–Trinajstić information content (AvgIpc) is 3.11. The standard InChI is InChI=1S/C17H16N4O2S/c1-8-4-12-13(5-9(8)2)23-16(19-12)21-17-20-15-11(18)6-10(22-3)7-14(15)24-17/h4-7H,18H2,1-3H3,(H,19,20,21). The number of nitrogens with two attached hydrogens (primary N) is 1. The minimum Gasteiger partial charge on any atom is -0.497 e. The Morgan fingerprint density at radius 1 is 1.12 bits per heavy atom. The van der Waals surface area contributed by atoms with Gasteiger partial charge < -0.3 is 14.9 Å². The molecule has 6 nitrogen and oxygen atoms in total. The number of fused-ring (bicyclic) bond motifs is 2. The van der Waals surface area contributed by atoms with E-state index in [1.54, 1.807) is 13.2 Å². The molecule has 4 rings (SSSR count). The molecule has 0 aliphatic carbocycles. The fraction of sp³-hybridized carbons (Fsp3) is 0.176. The zero-order chi connectivity index (χ0) is 16.8. The van der Waals surface area contributed by atoms with Gasteiger partial charge in [-0.1, -0.05) is 11.3 Å². The van der Waals surface area contributed by atoms with E-state index in [1.807, 2.05) is 25.1 Å². The second kappa shape index (κ2) is 5.38. The maximum absolute atomic E-state index is 6.03. The number of anilines is 3. The molecule has 0 atom stereocenters. The number of thiazole rings is 1. The van der Waals surface area contributed by atoms with Crippen molar-refractivity contribution < 1.29 is 9.15 Å². The lowest BCUT2D eigenvalue weighted by atomic mass is 10.1. The molecule has 2 heterocycles. The number of ether oxygens (including phenoxy) is 1. The number of nitrogens with one attached hydrogen (secondary N) is 1. The minimum atomic E-state index is 0.416. The van der Waals surface area contributed by atoms with Crippen molar-refractivity contribution in [3.8, 4) is 5.75 Å². The highest BCUT2D eigenvalue weighted by Gasteiger charge is 2.12. The van der Waals surface area contributed by atoms with Gasteiger partial charge in [-0.3, -0.25) is 5.32 Å². The van der Waals surface area contributed by atoms with Crippen LogP contribution in [-0.4, -0.2) is 17.1 Å². The number of aryl methyl sites for hydroxylation is 2. The van der Waals surface area contributed by atoms with Gasteiger partial charge in [-0.25, -0.2) is 4.98 Å². The number of hydrogen-bond acceptors (Lipinski definition) is 7. The lowest BCUT2D eigenvalue weighted by Crippen LogP contribution is -1.91. The second-order valence-electron chi connectivity index (χ2n) is 5.63. The van der Waals surface area contributed by atoms with E-state index < -0.39 is 0 Å². The molecule has 0 saturated carbocycles. The molecule has 3 N–H and O–H groups in total. The van der Waals surface area contributed by atoms with Gasteiger partial charge in [0.25, 0.3) is 0 Å². The van der Waals surface area contributed by atoms with Crippen molar-refractivity contribution >= 4 is 49.5 Å². The summed E-state index contributed by atoms with van der Waals surface area (Å²) in [7, 11) is 1.61. The van der Waals surface area contributed by atoms with E-state index in [-0.39, 0.29) is 0 Å². The number of benzene rings is 2. The van der Waals surface area contributed by atoms with Crippen LogP contribution in [0.5, 0.6) is 5.75 Å². The van der Waals surface area contributed by atoms with Gasteiger partial charge in [-0.05, 0) is 43.2 Å². The van der Waals surface area contributed by atoms with Crippen LogP contribution >= 0.6 is 11.3 Å². The largest absolute Gasteiger partial charge is 0.497 e. The molecule has 7 heteroatoms. The summed E-state index contributed by atoms with van der Waals surface area (Å²) in [5.41, 5.74) is 11.3. The quantitative estimate of drug-likeness (QED) is 0.538. The molecule has 0 aliphatic rings. The summed E-state index contributed by atoms with van der Waals surface area (Å²) in [4.78, 5) is 8.98. The first kappa shape index (κ1) is 14.8. The lowest BCUT2D eigenvalue weighted by molar-refractivity contribution is 0.415. The minimum absolute atomic E-state index is 0.416. The molecule has 4 aromatic rings. The van der Waals surface area contributed by atoms with E-state index in [0.717, 1.165) is 21.3 Å². The third-order valence-electron chi connectivity index (χ3n) is 3.95. The Kier molecular flexibility index (Phi) is 3.31. The van der Waals surface area contributed by atoms with Gasteiger partial charge in [0, 0.05) is 6.07 Å². The summed E-state index contributed by atoms with van der Waals surface area (Å²) in [6.45, 7) is 4.11. The summed E-state index contributed by atoms with van der Waals surface area (Å²) in [5, 5.41) is 3.79. The van der Waals surface area contributed by atoms with Crippen LogP contribution in [0.4, 0.5) is 16.8 Å². The van der Waals surface area contributed by atoms with Crippen LogP contribution in [0, 0.1) is 13.8 Å². The molecule has 0 saturated heterocycles. The number of nitrogens with zero attached hydrogens (tertiary/aromatic N) is 2. The van der Waals surface area contributed by atoms with Crippen LogP contribution in [0.15, 0.2) is 28.7 Å². The molecular weight excluding hydrogens is 324 g/mol. The number of methoxy groups -OCH3 is 1. The summed E-state index contributed by atoms with van der Waals surface area (Å²) in [6.07, 6.45) is 0. The summed E-state index contributed by atoms with van der Waals surface area (Å²) in [5.74, 6) is 0.711. The number of nitrogen functional groups attached to an aromatic ring is 1. The van der Waals surface area contributed by atoms with Crippen molar-refractivity contribution in [2.45, 2.75) is 13.8 Å². The number of oxazole rings is 1. The van der Waals surface area contributed by atoms with Crippen LogP contribution in [-0.2, 0) is 0 Å². The van der Waals surface area contributed by atoms with Gasteiger partial charge in [0.05, 0.1) is 17.5 Å². The topological polar surface area (TPSA) is 86.2 Å². The molecule has 0 radical (unpaired) electrons. The van der Waals surface area contributed by atoms with Gasteiger partial charge in [0.15, 0.2) is 10.7 Å². The third kappa shape index (κ3) is 2.43. The van der Waals surface area contributed by atoms with Crippen molar-refractivity contribution in [2.24, 2.45) is 0 Å². The van der Waals surface area contributed by atoms with E-state index in [2.05, 4.69) is 22.2 Å². The first-order chi connectivity index (χ1) is 11.5. The molecule has 0 unspecified atom stereocenters. The Morgan fingerprint density at radius 2 is 1.92 bits per heavy atom. The Morgan fingerprint density at radius 3 is 2.71 bits per heavy atom. The number of rotatable bonds is 3. The normalized spacial score (nSPS) is 11.3. The number of aromatic nitrogens is 2. The van der Waals surface area contributed by atoms with Crippen molar-refractivity contribution in [3.63, 3.8) is 0 Å². The van der Waals surface area contributed by atoms with Crippen molar-refractivity contribution in [1.29, 1.82) is 0 Å². The van der Waals surface area contributed by atoms with E-state index >= 15 is 0 Å². The van der Waals surface area contributed by atoms with Crippen LogP contribution in [0.25, 0.3) is 21.3 Å². The van der Waals surface area contributed by atoms with Crippen LogP contribution in [0.3, 0.4) is 0 Å². The molecule has 0 amide bonds. The van der Waals surface area contributed by atoms with Crippen LogP contribution < -0.4 is 15.8 Å². The third-order valence-corrected chi connectivity index (χ3v) is 4.87. The highest BCUT2D eigenvalue weighted by Crippen LogP contribution is 2.35. The Bertz CT molecular complexity index is 1030. The zero-order valence-electron chi connectivity index (χ0n) is 13.5. The Balaban J connectivity index is 1.72. The summed E-state index contributed by atoms with van der Waals surface area (Å²) >= 11 is 1.47. The zero-order valence-corrected chi connectivity index (χ0v) is 14.3. The second-order valence-corrected chi connectivity index (χ2v) is 6.66. The van der Waals surface area contributed by atoms with E-state index in [0.29, 0.717) is 22.6 Å². The molecular formula is C17H16N4O2S. The van der Waals surface area contributed by atoms with Crippen molar-refractivity contribution in [1.82, 2.24) is 9.97 Å². The first-order valence-corrected chi connectivity index (χ1v) is 8.24. The molecule has 122 valence electrons. The van der Waals surface area contributed by atoms with Gasteiger partial charge in [0.2, 0.25) is 0 Å². The molecule has 0 bridgehead atoms. The molecule has 2 aromatic heterocycles. The van der Waals surface area contributed by atoms with Crippen LogP contribution in [0.2, 0.25) is 0 Å². The van der Waals surface area contributed by atoms with E-state index in [4.69, 9.17) is 14.9 Å². The van der Waals surface area contributed by atoms with Crippen molar-refractivity contribution in [3.05, 3.63) is 35.4 Å². The first-order valence-electron chi connectivity index (χ1n) is 7.42. The maximum atomic E-state index is 6.03.